The van der Waals surface area contributed by atoms with Gasteiger partial charge in [-0.3, -0.25) is 0 Å². The first-order chi connectivity index (χ1) is 7.09. The molecule has 3 atom stereocenters. The zero-order valence-corrected chi connectivity index (χ0v) is 13.3. The molecule has 2 heteroatoms. The average Bonchev–Trinajstić information content (AvgIpc) is 1.97. The molecule has 0 spiro atoms. The van der Waals surface area contributed by atoms with Gasteiger partial charge in [0.2, 0.25) is 0 Å². The summed E-state index contributed by atoms with van der Waals surface area (Å²) in [5.41, 5.74) is 0.393. The van der Waals surface area contributed by atoms with Crippen LogP contribution in [0.1, 0.15) is 47.0 Å². The van der Waals surface area contributed by atoms with Crippen molar-refractivity contribution >= 4 is 8.32 Å². The third kappa shape index (κ3) is 4.21. The highest BCUT2D eigenvalue weighted by atomic mass is 28.4. The number of rotatable bonds is 2. The summed E-state index contributed by atoms with van der Waals surface area (Å²) in [5, 5.41) is 0. The van der Waals surface area contributed by atoms with Gasteiger partial charge in [-0.05, 0) is 49.7 Å². The molecule has 0 N–H and O–H groups in total. The van der Waals surface area contributed by atoms with Crippen molar-refractivity contribution in [3.05, 3.63) is 0 Å². The Hall–Kier alpha value is 0.177. The molecule has 0 aromatic heterocycles. The van der Waals surface area contributed by atoms with E-state index in [0.717, 1.165) is 11.8 Å². The highest BCUT2D eigenvalue weighted by Crippen LogP contribution is 2.42. The van der Waals surface area contributed by atoms with Gasteiger partial charge in [0, 0.05) is 6.10 Å². The topological polar surface area (TPSA) is 9.23 Å². The van der Waals surface area contributed by atoms with E-state index < -0.39 is 8.32 Å². The number of hydrogen-bond donors (Lipinski definition) is 0. The van der Waals surface area contributed by atoms with E-state index in [-0.39, 0.29) is 0 Å². The molecule has 1 rings (SSSR count). The van der Waals surface area contributed by atoms with E-state index in [4.69, 9.17) is 4.43 Å². The Kier molecular flexibility index (Phi) is 4.28. The fourth-order valence-corrected chi connectivity index (χ4v) is 4.07. The summed E-state index contributed by atoms with van der Waals surface area (Å²) >= 11 is 0. The van der Waals surface area contributed by atoms with Crippen molar-refractivity contribution in [3.63, 3.8) is 0 Å². The van der Waals surface area contributed by atoms with E-state index in [2.05, 4.69) is 47.3 Å². The zero-order valence-electron chi connectivity index (χ0n) is 12.3. The third-order valence-electron chi connectivity index (χ3n) is 3.67. The second kappa shape index (κ2) is 4.81. The van der Waals surface area contributed by atoms with Gasteiger partial charge in [0.25, 0.3) is 0 Å². The van der Waals surface area contributed by atoms with E-state index >= 15 is 0 Å². The van der Waals surface area contributed by atoms with Crippen molar-refractivity contribution in [1.82, 2.24) is 0 Å². The van der Waals surface area contributed by atoms with Gasteiger partial charge in [0.1, 0.15) is 0 Å². The van der Waals surface area contributed by atoms with E-state index in [1.807, 2.05) is 0 Å². The normalized spacial score (nSPS) is 32.8. The van der Waals surface area contributed by atoms with Gasteiger partial charge in [-0.2, -0.15) is 0 Å². The summed E-state index contributed by atoms with van der Waals surface area (Å²) in [6.45, 7) is 16.4. The number of hydrogen-bond acceptors (Lipinski definition) is 1. The van der Waals surface area contributed by atoms with Crippen LogP contribution < -0.4 is 0 Å². The molecule has 0 amide bonds. The molecule has 0 saturated heterocycles. The maximum absolute atomic E-state index is 6.43. The highest BCUT2D eigenvalue weighted by Gasteiger charge is 2.38. The summed E-state index contributed by atoms with van der Waals surface area (Å²) < 4.78 is 6.43. The zero-order chi connectivity index (χ0) is 12.6. The lowest BCUT2D eigenvalue weighted by Gasteiger charge is -2.44. The molecule has 0 bridgehead atoms. The van der Waals surface area contributed by atoms with Crippen LogP contribution in [0.5, 0.6) is 0 Å². The molecule has 1 fully saturated rings. The van der Waals surface area contributed by atoms with Crippen LogP contribution in [-0.4, -0.2) is 14.4 Å². The Morgan fingerprint density at radius 1 is 1.06 bits per heavy atom. The second-order valence-electron chi connectivity index (χ2n) is 7.66. The highest BCUT2D eigenvalue weighted by molar-refractivity contribution is 6.69. The van der Waals surface area contributed by atoms with Crippen LogP contribution >= 0.6 is 0 Å². The summed E-state index contributed by atoms with van der Waals surface area (Å²) in [6.07, 6.45) is 4.51. The Labute approximate surface area is 103 Å². The predicted octanol–water partition coefficient (Wildman–Crippen LogP) is 4.69. The average molecular weight is 242 g/mol. The lowest BCUT2D eigenvalue weighted by molar-refractivity contribution is 0.00656. The lowest BCUT2D eigenvalue weighted by atomic mass is 9.68. The third-order valence-corrected chi connectivity index (χ3v) is 4.68. The van der Waals surface area contributed by atoms with Crippen molar-refractivity contribution in [2.75, 3.05) is 0 Å². The smallest absolute Gasteiger partial charge is 0.184 e. The van der Waals surface area contributed by atoms with Gasteiger partial charge in [0.05, 0.1) is 0 Å². The first-order valence-electron chi connectivity index (χ1n) is 6.77. The Bertz CT molecular complexity index is 224. The maximum atomic E-state index is 6.43. The van der Waals surface area contributed by atoms with Crippen molar-refractivity contribution < 1.29 is 4.43 Å². The molecule has 1 nitrogen and oxygen atoms in total. The van der Waals surface area contributed by atoms with Gasteiger partial charge >= 0.3 is 0 Å². The lowest BCUT2D eigenvalue weighted by Crippen LogP contribution is -2.44. The summed E-state index contributed by atoms with van der Waals surface area (Å²) in [6, 6.07) is 0. The monoisotopic (exact) mass is 242 g/mol. The quantitative estimate of drug-likeness (QED) is 0.638. The fraction of sp³-hybridized carbons (Fsp3) is 1.00. The van der Waals surface area contributed by atoms with Crippen LogP contribution in [0.25, 0.3) is 0 Å². The molecular weight excluding hydrogens is 212 g/mol. The van der Waals surface area contributed by atoms with Crippen LogP contribution in [0.15, 0.2) is 0 Å². The van der Waals surface area contributed by atoms with E-state index in [9.17, 15) is 0 Å². The van der Waals surface area contributed by atoms with E-state index in [1.165, 1.54) is 19.3 Å². The van der Waals surface area contributed by atoms with Gasteiger partial charge in [0.15, 0.2) is 8.32 Å². The molecular formula is C14H30OSi. The maximum Gasteiger partial charge on any atom is 0.184 e. The molecule has 3 unspecified atom stereocenters. The molecule has 0 aromatic rings. The molecule has 0 heterocycles. The predicted molar refractivity (Wildman–Crippen MR) is 74.2 cm³/mol. The summed E-state index contributed by atoms with van der Waals surface area (Å²) in [4.78, 5) is 0. The van der Waals surface area contributed by atoms with Gasteiger partial charge in [-0.1, -0.05) is 34.1 Å². The van der Waals surface area contributed by atoms with Gasteiger partial charge in [-0.25, -0.2) is 0 Å². The van der Waals surface area contributed by atoms with Crippen LogP contribution in [0.2, 0.25) is 19.6 Å². The summed E-state index contributed by atoms with van der Waals surface area (Å²) in [5.74, 6) is 1.59. The van der Waals surface area contributed by atoms with Crippen molar-refractivity contribution in [2.24, 2.45) is 17.3 Å². The fourth-order valence-electron chi connectivity index (χ4n) is 2.90. The minimum Gasteiger partial charge on any atom is -0.414 e. The van der Waals surface area contributed by atoms with Gasteiger partial charge in [-0.15, -0.1) is 0 Å². The molecule has 0 radical (unpaired) electrons. The van der Waals surface area contributed by atoms with E-state index in [0.29, 0.717) is 11.5 Å². The van der Waals surface area contributed by atoms with Crippen LogP contribution in [0.4, 0.5) is 0 Å². The Morgan fingerprint density at radius 2 is 1.62 bits per heavy atom. The minimum absolute atomic E-state index is 0.393. The van der Waals surface area contributed by atoms with Crippen LogP contribution in [-0.2, 0) is 4.43 Å². The molecule has 1 aliphatic carbocycles. The first-order valence-corrected chi connectivity index (χ1v) is 10.2. The Balaban J connectivity index is 2.74. The van der Waals surface area contributed by atoms with Crippen LogP contribution in [0, 0.1) is 17.3 Å². The summed E-state index contributed by atoms with van der Waals surface area (Å²) in [7, 11) is -1.39. The van der Waals surface area contributed by atoms with Crippen molar-refractivity contribution in [1.29, 1.82) is 0 Å². The molecule has 1 saturated carbocycles. The molecule has 0 aromatic carbocycles. The largest absolute Gasteiger partial charge is 0.414 e. The Morgan fingerprint density at radius 3 is 2.06 bits per heavy atom. The van der Waals surface area contributed by atoms with E-state index in [1.54, 1.807) is 0 Å². The molecule has 96 valence electrons. The SMILES string of the molecule is CC1CCC(C(C)(C)C)C(O[Si](C)(C)C)C1. The molecule has 16 heavy (non-hydrogen) atoms. The van der Waals surface area contributed by atoms with Crippen molar-refractivity contribution in [2.45, 2.75) is 72.7 Å². The van der Waals surface area contributed by atoms with Gasteiger partial charge < -0.3 is 4.43 Å². The minimum atomic E-state index is -1.39. The molecule has 1 aliphatic rings. The molecule has 0 aliphatic heterocycles. The van der Waals surface area contributed by atoms with Crippen LogP contribution in [0.3, 0.4) is 0 Å². The van der Waals surface area contributed by atoms with Crippen molar-refractivity contribution in [3.8, 4) is 0 Å². The second-order valence-corrected chi connectivity index (χ2v) is 12.1. The standard InChI is InChI=1S/C14H30OSi/c1-11-8-9-12(14(2,3)4)13(10-11)15-16(5,6)7/h11-13H,8-10H2,1-7H3. The first kappa shape index (κ1) is 14.2.